The van der Waals surface area contributed by atoms with Gasteiger partial charge in [0.15, 0.2) is 0 Å². The molecule has 1 heterocycles. The summed E-state index contributed by atoms with van der Waals surface area (Å²) in [6.07, 6.45) is 1.87. The number of benzene rings is 2. The minimum Gasteiger partial charge on any atom is -0.493 e. The van der Waals surface area contributed by atoms with Crippen LogP contribution in [0, 0.1) is 0 Å². The lowest BCUT2D eigenvalue weighted by Gasteiger charge is -2.18. The van der Waals surface area contributed by atoms with E-state index in [1.54, 1.807) is 36.4 Å². The van der Waals surface area contributed by atoms with Crippen LogP contribution in [0.5, 0.6) is 5.75 Å². The van der Waals surface area contributed by atoms with Gasteiger partial charge in [0.1, 0.15) is 5.75 Å². The molecule has 3 rings (SSSR count). The van der Waals surface area contributed by atoms with E-state index in [0.717, 1.165) is 30.8 Å². The van der Waals surface area contributed by atoms with Crippen molar-refractivity contribution in [3.63, 3.8) is 0 Å². The predicted octanol–water partition coefficient (Wildman–Crippen LogP) is 2.81. The minimum atomic E-state index is -3.53. The van der Waals surface area contributed by atoms with Crippen LogP contribution in [0.1, 0.15) is 12.0 Å². The molecule has 1 aliphatic heterocycles. The number of ether oxygens (including phenoxy) is 1. The lowest BCUT2D eigenvalue weighted by molar-refractivity contribution is 0.288. The van der Waals surface area contributed by atoms with Crippen LogP contribution < -0.4 is 9.46 Å². The quantitative estimate of drug-likeness (QED) is 0.945. The van der Waals surface area contributed by atoms with Gasteiger partial charge in [-0.1, -0.05) is 18.2 Å². The van der Waals surface area contributed by atoms with E-state index in [2.05, 4.69) is 4.72 Å². The van der Waals surface area contributed by atoms with Gasteiger partial charge in [-0.15, -0.1) is 0 Å². The van der Waals surface area contributed by atoms with Crippen molar-refractivity contribution in [2.24, 2.45) is 0 Å². The number of hydrogen-bond donors (Lipinski definition) is 1. The second kappa shape index (κ2) is 5.17. The number of aryl methyl sites for hydroxylation is 1. The Kier molecular flexibility index (Phi) is 3.36. The SMILES string of the molecule is O=S(=O)(Nc1ccc2c(c1)CCCO2)c1ccccc1. The first-order valence-electron chi connectivity index (χ1n) is 6.49. The maximum absolute atomic E-state index is 12.2. The highest BCUT2D eigenvalue weighted by Crippen LogP contribution is 2.28. The molecule has 0 saturated heterocycles. The fourth-order valence-corrected chi connectivity index (χ4v) is 3.31. The average molecular weight is 289 g/mol. The number of rotatable bonds is 3. The normalized spacial score (nSPS) is 14.2. The van der Waals surface area contributed by atoms with E-state index >= 15 is 0 Å². The Labute approximate surface area is 118 Å². The Morgan fingerprint density at radius 1 is 1.05 bits per heavy atom. The molecule has 0 amide bonds. The largest absolute Gasteiger partial charge is 0.493 e. The first-order chi connectivity index (χ1) is 9.65. The molecule has 0 spiro atoms. The first-order valence-corrected chi connectivity index (χ1v) is 7.97. The highest BCUT2D eigenvalue weighted by Gasteiger charge is 2.16. The van der Waals surface area contributed by atoms with Crippen LogP contribution in [0.3, 0.4) is 0 Å². The summed E-state index contributed by atoms with van der Waals surface area (Å²) in [5, 5.41) is 0. The van der Waals surface area contributed by atoms with Crippen molar-refractivity contribution in [1.82, 2.24) is 0 Å². The first kappa shape index (κ1) is 13.0. The Balaban J connectivity index is 1.88. The molecular weight excluding hydrogens is 274 g/mol. The van der Waals surface area contributed by atoms with Crippen LogP contribution in [0.15, 0.2) is 53.4 Å². The molecule has 0 atom stereocenters. The molecule has 0 unspecified atom stereocenters. The van der Waals surface area contributed by atoms with Gasteiger partial charge in [-0.2, -0.15) is 0 Å². The van der Waals surface area contributed by atoms with Crippen molar-refractivity contribution in [3.8, 4) is 5.75 Å². The molecule has 2 aromatic rings. The number of nitrogens with one attached hydrogen (secondary N) is 1. The summed E-state index contributed by atoms with van der Waals surface area (Å²) < 4.78 is 32.6. The maximum atomic E-state index is 12.2. The van der Waals surface area contributed by atoms with Crippen LogP contribution in [0.4, 0.5) is 5.69 Å². The zero-order chi connectivity index (χ0) is 14.0. The molecule has 4 nitrogen and oxygen atoms in total. The summed E-state index contributed by atoms with van der Waals surface area (Å²) in [6, 6.07) is 13.7. The van der Waals surface area contributed by atoms with E-state index in [0.29, 0.717) is 5.69 Å². The molecule has 0 bridgehead atoms. The van der Waals surface area contributed by atoms with Crippen LogP contribution in [0.25, 0.3) is 0 Å². The van der Waals surface area contributed by atoms with Crippen molar-refractivity contribution in [1.29, 1.82) is 0 Å². The number of sulfonamides is 1. The third kappa shape index (κ3) is 2.63. The zero-order valence-corrected chi connectivity index (χ0v) is 11.7. The van der Waals surface area contributed by atoms with Crippen LogP contribution in [0.2, 0.25) is 0 Å². The summed E-state index contributed by atoms with van der Waals surface area (Å²) in [4.78, 5) is 0.258. The van der Waals surface area contributed by atoms with Gasteiger partial charge in [0.2, 0.25) is 0 Å². The van der Waals surface area contributed by atoms with Gasteiger partial charge in [-0.25, -0.2) is 8.42 Å². The minimum absolute atomic E-state index is 0.258. The van der Waals surface area contributed by atoms with E-state index in [-0.39, 0.29) is 4.90 Å². The number of anilines is 1. The number of fused-ring (bicyclic) bond motifs is 1. The molecule has 104 valence electrons. The smallest absolute Gasteiger partial charge is 0.261 e. The van der Waals surface area contributed by atoms with Crippen LogP contribution >= 0.6 is 0 Å². The second-order valence-electron chi connectivity index (χ2n) is 4.69. The lowest BCUT2D eigenvalue weighted by atomic mass is 10.1. The van der Waals surface area contributed by atoms with E-state index in [9.17, 15) is 8.42 Å². The lowest BCUT2D eigenvalue weighted by Crippen LogP contribution is -2.14. The zero-order valence-electron chi connectivity index (χ0n) is 10.9. The van der Waals surface area contributed by atoms with Gasteiger partial charge in [-0.3, -0.25) is 4.72 Å². The van der Waals surface area contributed by atoms with Gasteiger partial charge < -0.3 is 4.74 Å². The average Bonchev–Trinajstić information content (AvgIpc) is 2.48. The molecule has 2 aromatic carbocycles. The highest BCUT2D eigenvalue weighted by molar-refractivity contribution is 7.92. The molecule has 1 aliphatic rings. The summed E-state index contributed by atoms with van der Waals surface area (Å²) >= 11 is 0. The van der Waals surface area contributed by atoms with Crippen molar-refractivity contribution in [2.45, 2.75) is 17.7 Å². The molecule has 20 heavy (non-hydrogen) atoms. The highest BCUT2D eigenvalue weighted by atomic mass is 32.2. The molecule has 0 radical (unpaired) electrons. The second-order valence-corrected chi connectivity index (χ2v) is 6.38. The summed E-state index contributed by atoms with van der Waals surface area (Å²) in [5.41, 5.74) is 1.61. The van der Waals surface area contributed by atoms with Gasteiger partial charge in [-0.05, 0) is 48.7 Å². The van der Waals surface area contributed by atoms with E-state index < -0.39 is 10.0 Å². The van der Waals surface area contributed by atoms with E-state index in [1.165, 1.54) is 0 Å². The Bertz CT molecular complexity index is 711. The third-order valence-corrected chi connectivity index (χ3v) is 4.61. The van der Waals surface area contributed by atoms with Gasteiger partial charge in [0.25, 0.3) is 10.0 Å². The predicted molar refractivity (Wildman–Crippen MR) is 77.5 cm³/mol. The van der Waals surface area contributed by atoms with E-state index in [1.807, 2.05) is 12.1 Å². The van der Waals surface area contributed by atoms with Gasteiger partial charge in [0.05, 0.1) is 11.5 Å². The fraction of sp³-hybridized carbons (Fsp3) is 0.200. The standard InChI is InChI=1S/C15H15NO3S/c17-20(18,14-6-2-1-3-7-14)16-13-8-9-15-12(11-13)5-4-10-19-15/h1-3,6-9,11,16H,4-5,10H2. The monoisotopic (exact) mass is 289 g/mol. The van der Waals surface area contributed by atoms with Crippen molar-refractivity contribution >= 4 is 15.7 Å². The van der Waals surface area contributed by atoms with Crippen LogP contribution in [-0.4, -0.2) is 15.0 Å². The molecule has 0 aliphatic carbocycles. The molecule has 1 N–H and O–H groups in total. The molecule has 5 heteroatoms. The van der Waals surface area contributed by atoms with Gasteiger partial charge >= 0.3 is 0 Å². The maximum Gasteiger partial charge on any atom is 0.261 e. The van der Waals surface area contributed by atoms with Crippen molar-refractivity contribution in [2.75, 3.05) is 11.3 Å². The Morgan fingerprint density at radius 3 is 2.65 bits per heavy atom. The molecule has 0 fully saturated rings. The van der Waals surface area contributed by atoms with Crippen LogP contribution in [-0.2, 0) is 16.4 Å². The molecule has 0 aromatic heterocycles. The van der Waals surface area contributed by atoms with E-state index in [4.69, 9.17) is 4.74 Å². The van der Waals surface area contributed by atoms with Crippen molar-refractivity contribution in [3.05, 3.63) is 54.1 Å². The Hall–Kier alpha value is -2.01. The third-order valence-electron chi connectivity index (χ3n) is 3.21. The van der Waals surface area contributed by atoms with Gasteiger partial charge in [0, 0.05) is 5.69 Å². The topological polar surface area (TPSA) is 55.4 Å². The number of hydrogen-bond acceptors (Lipinski definition) is 3. The molecule has 0 saturated carbocycles. The summed E-state index contributed by atoms with van der Waals surface area (Å²) in [5.74, 6) is 0.846. The summed E-state index contributed by atoms with van der Waals surface area (Å²) in [6.45, 7) is 0.724. The van der Waals surface area contributed by atoms with Crippen molar-refractivity contribution < 1.29 is 13.2 Å². The molecular formula is C15H15NO3S. The fourth-order valence-electron chi connectivity index (χ4n) is 2.24. The summed E-state index contributed by atoms with van der Waals surface area (Å²) in [7, 11) is -3.53. The Morgan fingerprint density at radius 2 is 1.85 bits per heavy atom.